The van der Waals surface area contributed by atoms with Crippen LogP contribution in [0, 0.1) is 3.57 Å². The van der Waals surface area contributed by atoms with Gasteiger partial charge in [0.1, 0.15) is 3.57 Å². The van der Waals surface area contributed by atoms with E-state index in [1.807, 2.05) is 22.6 Å². The fourth-order valence-corrected chi connectivity index (χ4v) is 1.63. The highest BCUT2D eigenvalue weighted by atomic mass is 127. The van der Waals surface area contributed by atoms with Crippen LogP contribution >= 0.6 is 22.6 Å². The lowest BCUT2D eigenvalue weighted by atomic mass is 10.4. The zero-order valence-electron chi connectivity index (χ0n) is 9.13. The number of hydrogen-bond acceptors (Lipinski definition) is 5. The monoisotopic (exact) mass is 341 g/mol. The van der Waals surface area contributed by atoms with Gasteiger partial charge in [-0.05, 0) is 22.6 Å². The minimum absolute atomic E-state index is 0.0268. The molecule has 16 heavy (non-hydrogen) atoms. The summed E-state index contributed by atoms with van der Waals surface area (Å²) >= 11 is 1.87. The van der Waals surface area contributed by atoms with Gasteiger partial charge >= 0.3 is 0 Å². The molecular weight excluding hydrogens is 329 g/mol. The van der Waals surface area contributed by atoms with Gasteiger partial charge in [0, 0.05) is 7.11 Å². The molecular formula is C9H12INO5. The van der Waals surface area contributed by atoms with Gasteiger partial charge in [-0.3, -0.25) is 9.78 Å². The van der Waals surface area contributed by atoms with E-state index in [9.17, 15) is 4.79 Å². The average Bonchev–Trinajstić information content (AvgIpc) is 2.30. The third kappa shape index (κ3) is 2.59. The molecule has 7 heteroatoms. The molecule has 1 aromatic heterocycles. The van der Waals surface area contributed by atoms with E-state index < -0.39 is 0 Å². The zero-order valence-corrected chi connectivity index (χ0v) is 11.3. The molecule has 0 atom stereocenters. The summed E-state index contributed by atoms with van der Waals surface area (Å²) < 4.78 is 20.5. The Hall–Kier alpha value is -0.960. The van der Waals surface area contributed by atoms with E-state index in [4.69, 9.17) is 18.9 Å². The van der Waals surface area contributed by atoms with Gasteiger partial charge in [0.25, 0.3) is 5.56 Å². The second-order valence-electron chi connectivity index (χ2n) is 2.71. The molecule has 1 aromatic rings. The van der Waals surface area contributed by atoms with Crippen molar-refractivity contribution in [3.63, 3.8) is 0 Å². The number of halogens is 1. The molecule has 0 amide bonds. The van der Waals surface area contributed by atoms with Gasteiger partial charge in [-0.15, -0.1) is 0 Å². The summed E-state index contributed by atoms with van der Waals surface area (Å²) in [5, 5.41) is 0. The fourth-order valence-electron chi connectivity index (χ4n) is 1.10. The summed E-state index contributed by atoms with van der Waals surface area (Å²) in [6.07, 6.45) is 0. The van der Waals surface area contributed by atoms with E-state index in [0.29, 0.717) is 15.1 Å². The molecule has 0 radical (unpaired) electrons. The molecule has 1 heterocycles. The predicted molar refractivity (Wildman–Crippen MR) is 65.4 cm³/mol. The van der Waals surface area contributed by atoms with Crippen molar-refractivity contribution < 1.29 is 18.9 Å². The van der Waals surface area contributed by atoms with Crippen LogP contribution in [0.3, 0.4) is 0 Å². The summed E-state index contributed by atoms with van der Waals surface area (Å²) in [5.74, 6) is 0.869. The second-order valence-corrected chi connectivity index (χ2v) is 3.79. The van der Waals surface area contributed by atoms with Gasteiger partial charge in [0.15, 0.2) is 12.5 Å². The van der Waals surface area contributed by atoms with Gasteiger partial charge in [0.05, 0.1) is 14.2 Å². The van der Waals surface area contributed by atoms with Crippen molar-refractivity contribution in [1.82, 2.24) is 4.98 Å². The van der Waals surface area contributed by atoms with E-state index >= 15 is 0 Å². The van der Waals surface area contributed by atoms with E-state index in [1.165, 1.54) is 21.3 Å². The minimum atomic E-state index is -0.302. The van der Waals surface area contributed by atoms with Gasteiger partial charge in [-0.25, -0.2) is 0 Å². The van der Waals surface area contributed by atoms with Crippen molar-refractivity contribution in [2.75, 3.05) is 28.1 Å². The number of aromatic amines is 1. The smallest absolute Gasteiger partial charge is 0.268 e. The quantitative estimate of drug-likeness (QED) is 0.639. The molecule has 1 rings (SSSR count). The van der Waals surface area contributed by atoms with Crippen LogP contribution in [-0.2, 0) is 4.74 Å². The molecule has 0 saturated carbocycles. The Morgan fingerprint density at radius 2 is 1.88 bits per heavy atom. The largest absolute Gasteiger partial charge is 0.489 e. The average molecular weight is 341 g/mol. The maximum Gasteiger partial charge on any atom is 0.268 e. The van der Waals surface area contributed by atoms with Gasteiger partial charge < -0.3 is 18.9 Å². The van der Waals surface area contributed by atoms with Crippen LogP contribution in [0.5, 0.6) is 17.4 Å². The van der Waals surface area contributed by atoms with E-state index in [2.05, 4.69) is 4.98 Å². The Morgan fingerprint density at radius 3 is 2.38 bits per heavy atom. The second kappa shape index (κ2) is 5.94. The molecule has 0 spiro atoms. The fraction of sp³-hybridized carbons (Fsp3) is 0.444. The molecule has 90 valence electrons. The van der Waals surface area contributed by atoms with E-state index in [-0.39, 0.29) is 18.2 Å². The lowest BCUT2D eigenvalue weighted by molar-refractivity contribution is 0.0479. The van der Waals surface area contributed by atoms with Gasteiger partial charge in [-0.1, -0.05) is 0 Å². The van der Waals surface area contributed by atoms with Crippen molar-refractivity contribution >= 4 is 22.6 Å². The minimum Gasteiger partial charge on any atom is -0.489 e. The number of methoxy groups -OCH3 is 3. The standard InChI is InChI=1S/C9H12INO5/c1-13-4-16-6-5(10)8(12)11-9(15-3)7(6)14-2/h4H2,1-3H3,(H,11,12). The first kappa shape index (κ1) is 13.1. The van der Waals surface area contributed by atoms with Crippen LogP contribution in [0.15, 0.2) is 4.79 Å². The van der Waals surface area contributed by atoms with Gasteiger partial charge in [0.2, 0.25) is 11.6 Å². The van der Waals surface area contributed by atoms with Crippen LogP contribution in [0.2, 0.25) is 0 Å². The highest BCUT2D eigenvalue weighted by molar-refractivity contribution is 14.1. The van der Waals surface area contributed by atoms with Crippen LogP contribution in [-0.4, -0.2) is 33.1 Å². The first-order valence-corrected chi connectivity index (χ1v) is 5.39. The van der Waals surface area contributed by atoms with Gasteiger partial charge in [-0.2, -0.15) is 0 Å². The van der Waals surface area contributed by atoms with Crippen LogP contribution < -0.4 is 19.8 Å². The maximum atomic E-state index is 11.5. The molecule has 0 fully saturated rings. The number of pyridine rings is 1. The van der Waals surface area contributed by atoms with Crippen LogP contribution in [0.25, 0.3) is 0 Å². The van der Waals surface area contributed by atoms with Crippen LogP contribution in [0.4, 0.5) is 0 Å². The summed E-state index contributed by atoms with van der Waals surface area (Å²) in [6, 6.07) is 0. The summed E-state index contributed by atoms with van der Waals surface area (Å²) in [4.78, 5) is 14.1. The third-order valence-corrected chi connectivity index (χ3v) is 2.75. The Kier molecular flexibility index (Phi) is 4.87. The number of aromatic nitrogens is 1. The topological polar surface area (TPSA) is 69.8 Å². The van der Waals surface area contributed by atoms with Crippen molar-refractivity contribution in [1.29, 1.82) is 0 Å². The molecule has 6 nitrogen and oxygen atoms in total. The maximum absolute atomic E-state index is 11.5. The van der Waals surface area contributed by atoms with Crippen molar-refractivity contribution in [3.8, 4) is 17.4 Å². The highest BCUT2D eigenvalue weighted by Crippen LogP contribution is 2.36. The number of ether oxygens (including phenoxy) is 4. The SMILES string of the molecule is COCOc1c(OC)c(OC)[nH]c(=O)c1I. The Bertz CT molecular complexity index is 417. The molecule has 0 aliphatic rings. The summed E-state index contributed by atoms with van der Waals surface area (Å²) in [7, 11) is 4.39. The number of rotatable bonds is 5. The van der Waals surface area contributed by atoms with E-state index in [0.717, 1.165) is 0 Å². The third-order valence-electron chi connectivity index (χ3n) is 1.77. The first-order chi connectivity index (χ1) is 7.65. The predicted octanol–water partition coefficient (Wildman–Crippen LogP) is 0.979. The molecule has 1 N–H and O–H groups in total. The molecule has 0 aliphatic carbocycles. The molecule has 0 aromatic carbocycles. The van der Waals surface area contributed by atoms with Crippen LogP contribution in [0.1, 0.15) is 0 Å². The number of nitrogens with one attached hydrogen (secondary N) is 1. The first-order valence-electron chi connectivity index (χ1n) is 4.31. The van der Waals surface area contributed by atoms with Crippen molar-refractivity contribution in [3.05, 3.63) is 13.9 Å². The number of H-pyrrole nitrogens is 1. The molecule has 0 saturated heterocycles. The molecule has 0 bridgehead atoms. The Morgan fingerprint density at radius 1 is 1.19 bits per heavy atom. The van der Waals surface area contributed by atoms with Crippen molar-refractivity contribution in [2.45, 2.75) is 0 Å². The summed E-state index contributed by atoms with van der Waals surface area (Å²) in [5.41, 5.74) is -0.302. The lowest BCUT2D eigenvalue weighted by Crippen LogP contribution is -2.15. The highest BCUT2D eigenvalue weighted by Gasteiger charge is 2.18. The summed E-state index contributed by atoms with van der Waals surface area (Å²) in [6.45, 7) is 0.0268. The Balaban J connectivity index is 3.29. The Labute approximate surface area is 106 Å². The number of hydrogen-bond donors (Lipinski definition) is 1. The zero-order chi connectivity index (χ0) is 12.1. The normalized spacial score (nSPS) is 10.0. The van der Waals surface area contributed by atoms with E-state index in [1.54, 1.807) is 0 Å². The molecule has 0 aliphatic heterocycles. The molecule has 0 unspecified atom stereocenters. The van der Waals surface area contributed by atoms with Crippen molar-refractivity contribution in [2.24, 2.45) is 0 Å². The lowest BCUT2D eigenvalue weighted by Gasteiger charge is -2.13.